The van der Waals surface area contributed by atoms with Crippen molar-refractivity contribution < 1.29 is 0 Å². The van der Waals surface area contributed by atoms with Gasteiger partial charge in [0, 0.05) is 33.5 Å². The normalized spacial score (nSPS) is 11.6. The summed E-state index contributed by atoms with van der Waals surface area (Å²) in [5, 5.41) is 9.97. The van der Waals surface area contributed by atoms with Crippen LogP contribution >= 0.6 is 0 Å². The Labute approximate surface area is 388 Å². The van der Waals surface area contributed by atoms with Crippen molar-refractivity contribution in [2.24, 2.45) is 0 Å². The highest BCUT2D eigenvalue weighted by molar-refractivity contribution is 6.16. The molecule has 2 heteroatoms. The van der Waals surface area contributed by atoms with E-state index in [4.69, 9.17) is 0 Å². The summed E-state index contributed by atoms with van der Waals surface area (Å²) in [6.07, 6.45) is 4.41. The van der Waals surface area contributed by atoms with Gasteiger partial charge in [-0.2, -0.15) is 0 Å². The molecule has 11 aromatic carbocycles. The summed E-state index contributed by atoms with van der Waals surface area (Å²) in [6.45, 7) is 8.72. The molecule has 316 valence electrons. The average Bonchev–Trinajstić information content (AvgIpc) is 3.34. The number of nitrogens with zero attached hydrogens (tertiary/aromatic N) is 2. The molecule has 0 saturated heterocycles. The lowest BCUT2D eigenvalue weighted by Gasteiger charge is -2.28. The molecule has 0 atom stereocenters. The molecule has 0 aliphatic heterocycles. The van der Waals surface area contributed by atoms with E-state index in [0.717, 1.165) is 33.9 Å². The monoisotopic (exact) mass is 846 g/mol. The number of rotatable bonds is 9. The van der Waals surface area contributed by atoms with E-state index in [1.54, 1.807) is 0 Å². The van der Waals surface area contributed by atoms with Crippen molar-refractivity contribution in [2.75, 3.05) is 9.80 Å². The summed E-state index contributed by atoms with van der Waals surface area (Å²) >= 11 is 0. The molecule has 0 spiro atoms. The molecular weight excluding hydrogens is 797 g/mol. The summed E-state index contributed by atoms with van der Waals surface area (Å²) in [5.74, 6) is 0. The molecule has 11 aromatic rings. The van der Waals surface area contributed by atoms with Crippen LogP contribution < -0.4 is 9.80 Å². The van der Waals surface area contributed by atoms with Crippen LogP contribution in [0, 0.1) is 27.7 Å². The van der Waals surface area contributed by atoms with Gasteiger partial charge in [0.05, 0.1) is 11.4 Å². The zero-order valence-corrected chi connectivity index (χ0v) is 37.8. The van der Waals surface area contributed by atoms with Crippen LogP contribution in [-0.4, -0.2) is 0 Å². The Morgan fingerprint density at radius 1 is 0.273 bits per heavy atom. The first-order chi connectivity index (χ1) is 32.3. The predicted molar refractivity (Wildman–Crippen MR) is 286 cm³/mol. The predicted octanol–water partition coefficient (Wildman–Crippen LogP) is 18.3. The van der Waals surface area contributed by atoms with Crippen LogP contribution in [0.4, 0.5) is 34.1 Å². The quantitative estimate of drug-likeness (QED) is 0.105. The minimum absolute atomic E-state index is 1.12. The highest BCUT2D eigenvalue weighted by Crippen LogP contribution is 2.44. The molecular formula is C64H50N2. The van der Waals surface area contributed by atoms with Gasteiger partial charge in [0.1, 0.15) is 0 Å². The highest BCUT2D eigenvalue weighted by Gasteiger charge is 2.20. The number of benzene rings is 11. The summed E-state index contributed by atoms with van der Waals surface area (Å²) in [6, 6.07) is 80.2. The van der Waals surface area contributed by atoms with Crippen molar-refractivity contribution in [3.63, 3.8) is 0 Å². The Morgan fingerprint density at radius 2 is 0.591 bits per heavy atom. The largest absolute Gasteiger partial charge is 0.310 e. The highest BCUT2D eigenvalue weighted by atomic mass is 15.1. The molecule has 0 N–H and O–H groups in total. The average molecular weight is 847 g/mol. The first-order valence-electron chi connectivity index (χ1n) is 22.9. The first kappa shape index (κ1) is 40.6. The van der Waals surface area contributed by atoms with Crippen molar-refractivity contribution in [1.29, 1.82) is 0 Å². The second-order valence-corrected chi connectivity index (χ2v) is 17.8. The van der Waals surface area contributed by atoms with Crippen molar-refractivity contribution in [1.82, 2.24) is 0 Å². The summed E-state index contributed by atoms with van der Waals surface area (Å²) in [5.41, 5.74) is 16.5. The molecule has 0 aliphatic rings. The van der Waals surface area contributed by atoms with Gasteiger partial charge in [-0.25, -0.2) is 0 Å². The second kappa shape index (κ2) is 17.1. The molecule has 0 aromatic heterocycles. The summed E-state index contributed by atoms with van der Waals surface area (Å²) in [7, 11) is 0. The molecule has 0 saturated carbocycles. The number of hydrogen-bond acceptors (Lipinski definition) is 2. The number of anilines is 6. The van der Waals surface area contributed by atoms with Crippen molar-refractivity contribution >= 4 is 89.4 Å². The van der Waals surface area contributed by atoms with Gasteiger partial charge >= 0.3 is 0 Å². The van der Waals surface area contributed by atoms with Gasteiger partial charge in [-0.05, 0) is 165 Å². The van der Waals surface area contributed by atoms with Gasteiger partial charge in [-0.3, -0.25) is 0 Å². The molecule has 0 aliphatic carbocycles. The standard InChI is InChI=1S/C64H50N2/c1-43-35-44(2)38-55(37-43)65(63-41-51-13-5-7-15-57(51)59-17-9-11-19-61(59)63)53-31-25-48(26-32-53)22-21-47-23-27-49(28-24-47)50-29-33-54(34-30-50)66(56-39-45(3)36-46(4)40-56)64-42-52-14-6-8-16-58(52)60-18-10-12-20-62(60)64/h5-42H,1-4H3. The smallest absolute Gasteiger partial charge is 0.0546 e. The van der Waals surface area contributed by atoms with Crippen molar-refractivity contribution in [3.05, 3.63) is 252 Å². The molecule has 66 heavy (non-hydrogen) atoms. The van der Waals surface area contributed by atoms with Gasteiger partial charge in [0.2, 0.25) is 0 Å². The zero-order valence-electron chi connectivity index (χ0n) is 37.8. The second-order valence-electron chi connectivity index (χ2n) is 17.8. The molecule has 2 nitrogen and oxygen atoms in total. The van der Waals surface area contributed by atoms with E-state index in [9.17, 15) is 0 Å². The fraction of sp³-hybridized carbons (Fsp3) is 0.0625. The van der Waals surface area contributed by atoms with Crippen LogP contribution in [0.5, 0.6) is 0 Å². The SMILES string of the molecule is Cc1cc(C)cc(N(c2ccc(C=Cc3ccc(-c4ccc(N(c5cc(C)cc(C)c5)c5cc6ccccc6c6ccccc56)cc4)cc3)cc2)c2cc3ccccc3c3ccccc23)c1. The maximum Gasteiger partial charge on any atom is 0.0546 e. The molecule has 0 bridgehead atoms. The van der Waals surface area contributed by atoms with E-state index < -0.39 is 0 Å². The Hall–Kier alpha value is -8.20. The van der Waals surface area contributed by atoms with Crippen LogP contribution in [0.15, 0.2) is 218 Å². The fourth-order valence-corrected chi connectivity index (χ4v) is 9.97. The van der Waals surface area contributed by atoms with E-state index in [2.05, 4.69) is 268 Å². The number of fused-ring (bicyclic) bond motifs is 6. The zero-order chi connectivity index (χ0) is 44.7. The minimum atomic E-state index is 1.12. The van der Waals surface area contributed by atoms with Crippen LogP contribution in [0.3, 0.4) is 0 Å². The van der Waals surface area contributed by atoms with E-state index in [1.807, 2.05) is 0 Å². The topological polar surface area (TPSA) is 6.48 Å². The number of hydrogen-bond donors (Lipinski definition) is 0. The Balaban J connectivity index is 0.879. The van der Waals surface area contributed by atoms with Crippen molar-refractivity contribution in [3.8, 4) is 11.1 Å². The van der Waals surface area contributed by atoms with Crippen molar-refractivity contribution in [2.45, 2.75) is 27.7 Å². The van der Waals surface area contributed by atoms with Gasteiger partial charge < -0.3 is 9.80 Å². The van der Waals surface area contributed by atoms with Crippen LogP contribution in [0.2, 0.25) is 0 Å². The third-order valence-corrected chi connectivity index (χ3v) is 12.9. The Morgan fingerprint density at radius 3 is 1.00 bits per heavy atom. The van der Waals surface area contributed by atoms with Gasteiger partial charge in [-0.15, -0.1) is 0 Å². The van der Waals surface area contributed by atoms with Gasteiger partial charge in [0.15, 0.2) is 0 Å². The van der Waals surface area contributed by atoms with Crippen LogP contribution in [0.25, 0.3) is 66.4 Å². The molecule has 0 unspecified atom stereocenters. The summed E-state index contributed by atoms with van der Waals surface area (Å²) in [4.78, 5) is 4.84. The molecule has 0 amide bonds. The van der Waals surface area contributed by atoms with Gasteiger partial charge in [-0.1, -0.05) is 170 Å². The lowest BCUT2D eigenvalue weighted by Crippen LogP contribution is -2.11. The maximum absolute atomic E-state index is 2.42. The molecule has 0 radical (unpaired) electrons. The van der Waals surface area contributed by atoms with Crippen LogP contribution in [-0.2, 0) is 0 Å². The fourth-order valence-electron chi connectivity index (χ4n) is 9.97. The molecule has 11 rings (SSSR count). The Kier molecular flexibility index (Phi) is 10.5. The third kappa shape index (κ3) is 7.78. The lowest BCUT2D eigenvalue weighted by atomic mass is 9.98. The molecule has 0 heterocycles. The van der Waals surface area contributed by atoms with E-state index in [1.165, 1.54) is 87.8 Å². The number of aryl methyl sites for hydroxylation is 4. The maximum atomic E-state index is 2.42. The van der Waals surface area contributed by atoms with E-state index >= 15 is 0 Å². The lowest BCUT2D eigenvalue weighted by molar-refractivity contribution is 1.26. The van der Waals surface area contributed by atoms with E-state index in [-0.39, 0.29) is 0 Å². The van der Waals surface area contributed by atoms with E-state index in [0.29, 0.717) is 0 Å². The molecule has 0 fully saturated rings. The Bertz CT molecular complexity index is 3580. The first-order valence-corrected chi connectivity index (χ1v) is 22.9. The minimum Gasteiger partial charge on any atom is -0.310 e. The van der Waals surface area contributed by atoms with Crippen LogP contribution in [0.1, 0.15) is 33.4 Å². The summed E-state index contributed by atoms with van der Waals surface area (Å²) < 4.78 is 0. The third-order valence-electron chi connectivity index (χ3n) is 12.9. The van der Waals surface area contributed by atoms with Gasteiger partial charge in [0.25, 0.3) is 0 Å².